The summed E-state index contributed by atoms with van der Waals surface area (Å²) in [7, 11) is 0. The maximum Gasteiger partial charge on any atom is 0.161 e. The lowest BCUT2D eigenvalue weighted by Crippen LogP contribution is -2.01. The first-order valence-corrected chi connectivity index (χ1v) is 11.2. The number of ether oxygens (including phenoxy) is 2. The summed E-state index contributed by atoms with van der Waals surface area (Å²) >= 11 is 1.62. The van der Waals surface area contributed by atoms with Crippen LogP contribution in [0.4, 0.5) is 9.39 Å². The molecule has 1 aliphatic carbocycles. The Bertz CT molecular complexity index is 1150. The van der Waals surface area contributed by atoms with E-state index in [0.29, 0.717) is 29.2 Å². The van der Waals surface area contributed by atoms with Crippen molar-refractivity contribution in [3.63, 3.8) is 0 Å². The van der Waals surface area contributed by atoms with Crippen LogP contribution in [0, 0.1) is 17.1 Å². The predicted molar refractivity (Wildman–Crippen MR) is 121 cm³/mol. The van der Waals surface area contributed by atoms with Crippen molar-refractivity contribution < 1.29 is 13.9 Å². The third-order valence-corrected chi connectivity index (χ3v) is 6.40. The third kappa shape index (κ3) is 4.78. The molecule has 0 N–H and O–H groups in total. The van der Waals surface area contributed by atoms with Gasteiger partial charge in [0.1, 0.15) is 23.5 Å². The molecule has 0 radical (unpaired) electrons. The summed E-state index contributed by atoms with van der Waals surface area (Å²) in [6, 6.07) is 14.4. The Hall–Kier alpha value is -3.17. The summed E-state index contributed by atoms with van der Waals surface area (Å²) in [4.78, 5) is 5.91. The molecule has 0 spiro atoms. The minimum Gasteiger partial charge on any atom is -0.490 e. The smallest absolute Gasteiger partial charge is 0.161 e. The molecule has 1 aromatic heterocycles. The fourth-order valence-corrected chi connectivity index (χ4v) is 4.84. The monoisotopic (exact) mass is 434 g/mol. The van der Waals surface area contributed by atoms with Crippen LogP contribution in [-0.2, 0) is 19.4 Å². The van der Waals surface area contributed by atoms with Crippen LogP contribution in [0.5, 0.6) is 11.5 Å². The Kier molecular flexibility index (Phi) is 6.63. The van der Waals surface area contributed by atoms with E-state index in [1.54, 1.807) is 41.8 Å². The molecule has 4 rings (SSSR count). The van der Waals surface area contributed by atoms with Gasteiger partial charge in [-0.15, -0.1) is 11.3 Å². The second kappa shape index (κ2) is 9.76. The van der Waals surface area contributed by atoms with Crippen LogP contribution in [-0.4, -0.2) is 12.8 Å². The topological polar surface area (TPSA) is 54.6 Å². The fourth-order valence-electron chi connectivity index (χ4n) is 3.65. The van der Waals surface area contributed by atoms with Crippen molar-refractivity contribution in [3.8, 4) is 17.6 Å². The average Bonchev–Trinajstić information content (AvgIpc) is 3.15. The zero-order chi connectivity index (χ0) is 21.6. The highest BCUT2D eigenvalue weighted by atomic mass is 32.1. The summed E-state index contributed by atoms with van der Waals surface area (Å²) < 4.78 is 25.4. The van der Waals surface area contributed by atoms with Crippen molar-refractivity contribution in [3.05, 3.63) is 75.4 Å². The van der Waals surface area contributed by atoms with Gasteiger partial charge in [-0.1, -0.05) is 18.2 Å². The normalized spacial score (nSPS) is 13.1. The van der Waals surface area contributed by atoms with E-state index in [-0.39, 0.29) is 12.4 Å². The minimum absolute atomic E-state index is 0.118. The minimum atomic E-state index is -0.295. The molecule has 3 aromatic rings. The molecule has 0 amide bonds. The van der Waals surface area contributed by atoms with Gasteiger partial charge in [0.2, 0.25) is 0 Å². The van der Waals surface area contributed by atoms with Crippen LogP contribution in [0.2, 0.25) is 0 Å². The van der Waals surface area contributed by atoms with Gasteiger partial charge >= 0.3 is 0 Å². The average molecular weight is 435 g/mol. The number of fused-ring (bicyclic) bond motifs is 1. The molecular formula is C25H23FN2O2S. The van der Waals surface area contributed by atoms with Gasteiger partial charge in [-0.25, -0.2) is 9.38 Å². The number of nitrogens with zero attached hydrogens (tertiary/aromatic N) is 2. The number of nitriles is 1. The van der Waals surface area contributed by atoms with E-state index in [0.717, 1.165) is 29.8 Å². The van der Waals surface area contributed by atoms with E-state index in [1.165, 1.54) is 22.9 Å². The number of rotatable bonds is 7. The first kappa shape index (κ1) is 21.1. The van der Waals surface area contributed by atoms with Crippen molar-refractivity contribution in [2.45, 2.75) is 39.2 Å². The van der Waals surface area contributed by atoms with Crippen molar-refractivity contribution in [2.75, 3.05) is 6.61 Å². The number of halogens is 1. The Labute approximate surface area is 185 Å². The maximum atomic E-state index is 13.9. The molecule has 0 bridgehead atoms. The molecular weight excluding hydrogens is 411 g/mol. The number of thiophene rings is 1. The first-order chi connectivity index (χ1) is 15.2. The van der Waals surface area contributed by atoms with E-state index in [1.807, 2.05) is 19.1 Å². The van der Waals surface area contributed by atoms with Gasteiger partial charge in [0.25, 0.3) is 0 Å². The molecule has 6 heteroatoms. The molecule has 0 atom stereocenters. The summed E-state index contributed by atoms with van der Waals surface area (Å²) in [5.74, 6) is 0.830. The van der Waals surface area contributed by atoms with E-state index >= 15 is 0 Å². The highest BCUT2D eigenvalue weighted by Crippen LogP contribution is 2.39. The second-order valence-electron chi connectivity index (χ2n) is 7.28. The Balaban J connectivity index is 1.55. The van der Waals surface area contributed by atoms with Crippen molar-refractivity contribution in [1.29, 1.82) is 5.26 Å². The zero-order valence-electron chi connectivity index (χ0n) is 17.4. The van der Waals surface area contributed by atoms with Gasteiger partial charge in [-0.3, -0.25) is 0 Å². The number of aryl methyl sites for hydroxylation is 1. The Morgan fingerprint density at radius 2 is 1.97 bits per heavy atom. The van der Waals surface area contributed by atoms with Crippen LogP contribution in [0.1, 0.15) is 46.9 Å². The zero-order valence-corrected chi connectivity index (χ0v) is 18.2. The summed E-state index contributed by atoms with van der Waals surface area (Å²) in [6.07, 6.45) is 6.06. The number of hydrogen-bond donors (Lipinski definition) is 0. The number of benzene rings is 2. The maximum absolute atomic E-state index is 13.9. The van der Waals surface area contributed by atoms with Crippen LogP contribution >= 0.6 is 11.3 Å². The highest BCUT2D eigenvalue weighted by molar-refractivity contribution is 7.16. The van der Waals surface area contributed by atoms with Crippen molar-refractivity contribution in [1.82, 2.24) is 0 Å². The molecule has 2 aromatic carbocycles. The standard InChI is InChI=1S/C25H23FN2O2S/c1-2-29-23-13-17(11-12-22(23)30-16-18-7-3-5-9-21(18)26)15-28-25-20(14-27)19-8-4-6-10-24(19)31-25/h3,5,7,9,11-13,15H,2,4,6,8,10,16H2,1H3/b28-15+. The molecule has 0 fully saturated rings. The van der Waals surface area contributed by atoms with Crippen LogP contribution in [0.25, 0.3) is 0 Å². The molecule has 0 saturated heterocycles. The molecule has 1 heterocycles. The highest BCUT2D eigenvalue weighted by Gasteiger charge is 2.20. The predicted octanol–water partition coefficient (Wildman–Crippen LogP) is 6.37. The van der Waals surface area contributed by atoms with E-state index in [9.17, 15) is 9.65 Å². The second-order valence-corrected chi connectivity index (χ2v) is 8.36. The third-order valence-electron chi connectivity index (χ3n) is 5.20. The fraction of sp³-hybridized carbons (Fsp3) is 0.280. The SMILES string of the molecule is CCOc1cc(/C=N/c2sc3c(c2C#N)CCCC3)ccc1OCc1ccccc1F. The van der Waals surface area contributed by atoms with Crippen LogP contribution in [0.3, 0.4) is 0 Å². The molecule has 4 nitrogen and oxygen atoms in total. The van der Waals surface area contributed by atoms with Gasteiger partial charge in [0.05, 0.1) is 12.2 Å². The van der Waals surface area contributed by atoms with Crippen LogP contribution in [0.15, 0.2) is 47.5 Å². The quantitative estimate of drug-likeness (QED) is 0.406. The summed E-state index contributed by atoms with van der Waals surface area (Å²) in [6.45, 7) is 2.50. The van der Waals surface area contributed by atoms with Crippen molar-refractivity contribution in [2.24, 2.45) is 4.99 Å². The molecule has 158 valence electrons. The lowest BCUT2D eigenvalue weighted by Gasteiger charge is -2.13. The first-order valence-electron chi connectivity index (χ1n) is 10.4. The van der Waals surface area contributed by atoms with Crippen LogP contribution < -0.4 is 9.47 Å². The van der Waals surface area contributed by atoms with E-state index < -0.39 is 0 Å². The van der Waals surface area contributed by atoms with Gasteiger partial charge in [-0.2, -0.15) is 5.26 Å². The Morgan fingerprint density at radius 1 is 1.13 bits per heavy atom. The Morgan fingerprint density at radius 3 is 2.77 bits per heavy atom. The lowest BCUT2D eigenvalue weighted by atomic mass is 9.96. The largest absolute Gasteiger partial charge is 0.490 e. The summed E-state index contributed by atoms with van der Waals surface area (Å²) in [5, 5.41) is 10.4. The van der Waals surface area contributed by atoms with E-state index in [2.05, 4.69) is 11.1 Å². The van der Waals surface area contributed by atoms with Gasteiger partial charge in [0.15, 0.2) is 11.5 Å². The molecule has 31 heavy (non-hydrogen) atoms. The molecule has 0 saturated carbocycles. The van der Waals surface area contributed by atoms with Crippen molar-refractivity contribution >= 4 is 22.6 Å². The number of hydrogen-bond acceptors (Lipinski definition) is 5. The molecule has 0 unspecified atom stereocenters. The number of aliphatic imine (C=N–C) groups is 1. The van der Waals surface area contributed by atoms with Gasteiger partial charge < -0.3 is 9.47 Å². The van der Waals surface area contributed by atoms with E-state index in [4.69, 9.17) is 9.47 Å². The van der Waals surface area contributed by atoms with Gasteiger partial charge in [0, 0.05) is 16.7 Å². The lowest BCUT2D eigenvalue weighted by molar-refractivity contribution is 0.266. The molecule has 0 aliphatic heterocycles. The molecule has 1 aliphatic rings. The van der Waals surface area contributed by atoms with Gasteiger partial charge in [-0.05, 0) is 68.0 Å². The summed E-state index contributed by atoms with van der Waals surface area (Å²) in [5.41, 5.74) is 3.22.